The quantitative estimate of drug-likeness (QED) is 0.0325. The number of methoxy groups -OCH3 is 1. The molecule has 7 rings (SSSR count). The number of nitrogens with two attached hydrogens (primary N) is 1. The third-order valence-corrected chi connectivity index (χ3v) is 15.9. The summed E-state index contributed by atoms with van der Waals surface area (Å²) in [5.41, 5.74) is 6.63. The number of carbonyl (C=O) groups excluding carboxylic acids is 5. The van der Waals surface area contributed by atoms with E-state index in [1.807, 2.05) is 24.3 Å². The molecule has 5 N–H and O–H groups in total. The summed E-state index contributed by atoms with van der Waals surface area (Å²) < 4.78 is 55.5. The van der Waals surface area contributed by atoms with Crippen LogP contribution in [0.25, 0.3) is 10.8 Å². The van der Waals surface area contributed by atoms with Gasteiger partial charge in [-0.1, -0.05) is 36.4 Å². The van der Waals surface area contributed by atoms with Gasteiger partial charge in [-0.2, -0.15) is 0 Å². The summed E-state index contributed by atoms with van der Waals surface area (Å²) in [4.78, 5) is 71.5. The molecule has 1 unspecified atom stereocenters. The number of nitrogens with one attached hydrogen (secondary N) is 2. The van der Waals surface area contributed by atoms with Gasteiger partial charge >= 0.3 is 20.0 Å². The number of benzene rings is 4. The summed E-state index contributed by atoms with van der Waals surface area (Å²) in [5.74, 6) is -0.0234. The summed E-state index contributed by atoms with van der Waals surface area (Å²) in [5, 5.41) is 18.8. The van der Waals surface area contributed by atoms with Gasteiger partial charge in [-0.05, 0) is 148 Å². The van der Waals surface area contributed by atoms with Crippen LogP contribution in [0.2, 0.25) is 0 Å². The molecule has 442 valence electrons. The molecule has 0 saturated carbocycles. The summed E-state index contributed by atoms with van der Waals surface area (Å²) in [6.07, 6.45) is 1.74. The van der Waals surface area contributed by atoms with Gasteiger partial charge in [-0.15, -0.1) is 11.6 Å². The topological polar surface area (TPSA) is 247 Å². The fourth-order valence-electron chi connectivity index (χ4n) is 10.1. The van der Waals surface area contributed by atoms with Crippen LogP contribution in [0.3, 0.4) is 0 Å². The van der Waals surface area contributed by atoms with E-state index in [2.05, 4.69) is 10.6 Å². The van der Waals surface area contributed by atoms with Crippen molar-refractivity contribution in [2.24, 2.45) is 5.73 Å². The monoisotopic (exact) mass is 1160 g/mol. The molecular weight excluding hydrogens is 1080 g/mol. The highest BCUT2D eigenvalue weighted by Gasteiger charge is 2.46. The maximum Gasteiger partial charge on any atom is 0.531 e. The molecule has 81 heavy (non-hydrogen) atoms. The number of anilines is 3. The molecule has 1 fully saturated rings. The summed E-state index contributed by atoms with van der Waals surface area (Å²) in [6, 6.07) is 17.5. The Balaban J connectivity index is 0.966. The van der Waals surface area contributed by atoms with Crippen LogP contribution in [-0.4, -0.2) is 114 Å². The number of hydrogen-bond donors (Lipinski definition) is 4. The molecule has 0 bridgehead atoms. The van der Waals surface area contributed by atoms with E-state index < -0.39 is 55.1 Å². The van der Waals surface area contributed by atoms with Gasteiger partial charge in [0.15, 0.2) is 17.7 Å². The molecule has 4 atom stereocenters. The fourth-order valence-corrected chi connectivity index (χ4v) is 12.1. The highest BCUT2D eigenvalue weighted by molar-refractivity contribution is 7.49. The molecule has 0 aliphatic carbocycles. The van der Waals surface area contributed by atoms with E-state index in [1.165, 1.54) is 19.2 Å². The Kier molecular flexibility index (Phi) is 20.4. The first-order valence-corrected chi connectivity index (χ1v) is 29.7. The van der Waals surface area contributed by atoms with Crippen molar-refractivity contribution in [3.8, 4) is 17.2 Å². The van der Waals surface area contributed by atoms with Gasteiger partial charge in [0.2, 0.25) is 11.8 Å². The maximum atomic E-state index is 14.3. The molecule has 20 nitrogen and oxygen atoms in total. The zero-order valence-electron chi connectivity index (χ0n) is 48.3. The predicted molar refractivity (Wildman–Crippen MR) is 310 cm³/mol. The third-order valence-electron chi connectivity index (χ3n) is 13.6. The van der Waals surface area contributed by atoms with Crippen molar-refractivity contribution in [1.82, 2.24) is 10.2 Å². The number of carbonyl (C=O) groups is 5. The van der Waals surface area contributed by atoms with E-state index in [1.54, 1.807) is 102 Å². The third kappa shape index (κ3) is 16.3. The lowest BCUT2D eigenvalue weighted by Gasteiger charge is -2.31. The Bertz CT molecular complexity index is 2940. The van der Waals surface area contributed by atoms with Gasteiger partial charge in [0, 0.05) is 61.1 Å². The SMILES string of the molecule is COc1cc2c(cc1OCCCCCC(=O)N1C[C@@H](CCl)c3c1cc(OP(=O)(OC(C)(C)C)OC(C)(C)C)c1ccccc31)N(C(=O)OCc1ccc(NC(=O)[C@@H](N)CCCCNC(=O)OC(C)(C)C)cc1)C(O)[C@@H]1CCCN1C2=O. The first-order chi connectivity index (χ1) is 38.2. The van der Waals surface area contributed by atoms with E-state index in [0.29, 0.717) is 93.3 Å². The molecule has 4 aromatic rings. The standard InChI is InChI=1S/C59H80ClN6O14P/c1-57(2,3)77-55(71)62-28-16-15-21-43(61)52(68)63-39-26-24-37(25-27-39)36-76-56(72)66-45-32-49(48(74-10)31-42(45)53(69)64-29-18-22-44(64)54(66)70)75-30-17-11-12-23-50(67)65-35-38(34-60)51-41-20-14-13-19-40(41)47(33-46(51)65)78-81(73,79-58(4,5)6)80-59(7,8)9/h13-14,19-20,24-27,31-33,38,43-44,54,70H,11-12,15-18,21-23,28-30,34-36,61H2,1-10H3,(H,62,71)(H,63,68)/t38-,43+,44+,54?/m1/s1. The van der Waals surface area contributed by atoms with Crippen molar-refractivity contribution < 1.29 is 66.2 Å². The van der Waals surface area contributed by atoms with Crippen LogP contribution in [0.15, 0.2) is 66.7 Å². The molecule has 0 radical (unpaired) electrons. The van der Waals surface area contributed by atoms with Crippen LogP contribution >= 0.6 is 19.4 Å². The van der Waals surface area contributed by atoms with Gasteiger partial charge in [0.25, 0.3) is 5.91 Å². The number of rotatable bonds is 22. The van der Waals surface area contributed by atoms with Crippen molar-refractivity contribution in [1.29, 1.82) is 0 Å². The van der Waals surface area contributed by atoms with Crippen molar-refractivity contribution in [3.63, 3.8) is 0 Å². The number of nitrogens with zero attached hydrogens (tertiary/aromatic N) is 3. The van der Waals surface area contributed by atoms with Crippen molar-refractivity contribution in [2.45, 2.75) is 168 Å². The number of amides is 5. The molecular formula is C59H80ClN6O14P. The first kappa shape index (κ1) is 62.5. The minimum Gasteiger partial charge on any atom is -0.493 e. The van der Waals surface area contributed by atoms with E-state index in [0.717, 1.165) is 15.8 Å². The van der Waals surface area contributed by atoms with Gasteiger partial charge in [-0.25, -0.2) is 19.1 Å². The maximum absolute atomic E-state index is 14.3. The van der Waals surface area contributed by atoms with E-state index >= 15 is 0 Å². The van der Waals surface area contributed by atoms with Crippen LogP contribution < -0.4 is 40.2 Å². The average Bonchev–Trinajstić information content (AvgIpc) is 4.11. The molecule has 4 aromatic carbocycles. The number of fused-ring (bicyclic) bond motifs is 5. The highest BCUT2D eigenvalue weighted by Crippen LogP contribution is 2.58. The molecule has 3 aliphatic rings. The Morgan fingerprint density at radius 2 is 1.52 bits per heavy atom. The summed E-state index contributed by atoms with van der Waals surface area (Å²) in [7, 11) is -2.76. The van der Waals surface area contributed by atoms with Gasteiger partial charge in [0.05, 0.1) is 53.9 Å². The molecule has 0 aromatic heterocycles. The van der Waals surface area contributed by atoms with Gasteiger partial charge < -0.3 is 54.7 Å². The second kappa shape index (κ2) is 26.4. The van der Waals surface area contributed by atoms with Crippen molar-refractivity contribution in [3.05, 3.63) is 83.4 Å². The molecule has 1 saturated heterocycles. The summed E-state index contributed by atoms with van der Waals surface area (Å²) in [6.45, 7) is 17.1. The first-order valence-electron chi connectivity index (χ1n) is 27.7. The van der Waals surface area contributed by atoms with Crippen LogP contribution in [-0.2, 0) is 39.3 Å². The van der Waals surface area contributed by atoms with Crippen LogP contribution in [0, 0.1) is 0 Å². The number of aliphatic hydroxyl groups excluding tert-OH is 1. The number of hydrogen-bond acceptors (Lipinski definition) is 15. The number of ether oxygens (including phenoxy) is 4. The van der Waals surface area contributed by atoms with Gasteiger partial charge in [-0.3, -0.25) is 23.4 Å². The number of unbranched alkanes of at least 4 members (excludes halogenated alkanes) is 3. The lowest BCUT2D eigenvalue weighted by Crippen LogP contribution is -2.50. The zero-order valence-corrected chi connectivity index (χ0v) is 49.9. The molecule has 0 spiro atoms. The van der Waals surface area contributed by atoms with Crippen molar-refractivity contribution in [2.75, 3.05) is 54.3 Å². The number of aliphatic hydroxyl groups is 1. The minimum atomic E-state index is -4.21. The number of alkyl halides is 1. The average molecular weight is 1160 g/mol. The van der Waals surface area contributed by atoms with Crippen LogP contribution in [0.1, 0.15) is 148 Å². The molecule has 5 amide bonds. The van der Waals surface area contributed by atoms with Crippen LogP contribution in [0.4, 0.5) is 26.7 Å². The molecule has 3 heterocycles. The number of halogens is 1. The predicted octanol–water partition coefficient (Wildman–Crippen LogP) is 11.3. The molecule has 22 heteroatoms. The number of phosphoric acid groups is 1. The van der Waals surface area contributed by atoms with Crippen LogP contribution in [0.5, 0.6) is 17.2 Å². The Morgan fingerprint density at radius 1 is 0.840 bits per heavy atom. The Labute approximate surface area is 480 Å². The van der Waals surface area contributed by atoms with E-state index in [-0.39, 0.29) is 77.7 Å². The molecule has 3 aliphatic heterocycles. The van der Waals surface area contributed by atoms with E-state index in [9.17, 15) is 33.6 Å². The highest BCUT2D eigenvalue weighted by atomic mass is 35.5. The lowest BCUT2D eigenvalue weighted by atomic mass is 9.95. The zero-order chi connectivity index (χ0) is 59.0. The van der Waals surface area contributed by atoms with Crippen molar-refractivity contribution >= 4 is 77.2 Å². The number of alkyl carbamates (subject to hydrolysis) is 1. The van der Waals surface area contributed by atoms with Gasteiger partial charge in [0.1, 0.15) is 18.0 Å². The smallest absolute Gasteiger partial charge is 0.493 e. The lowest BCUT2D eigenvalue weighted by molar-refractivity contribution is -0.119. The second-order valence-electron chi connectivity index (χ2n) is 23.6. The fraction of sp³-hybridized carbons (Fsp3) is 0.542. The Hall–Kier alpha value is -6.15. The largest absolute Gasteiger partial charge is 0.531 e. The normalized spacial score (nSPS) is 17.7. The number of phosphoric ester groups is 1. The summed E-state index contributed by atoms with van der Waals surface area (Å²) >= 11 is 6.57. The van der Waals surface area contributed by atoms with E-state index in [4.69, 9.17) is 49.9 Å². The Morgan fingerprint density at radius 3 is 2.17 bits per heavy atom. The minimum absolute atomic E-state index is 0.0933. The second-order valence-corrected chi connectivity index (χ2v) is 25.3.